The number of carbonyl (C=O) groups excluding carboxylic acids is 1. The van der Waals surface area contributed by atoms with E-state index in [4.69, 9.17) is 0 Å². The molecule has 0 aliphatic carbocycles. The predicted octanol–water partition coefficient (Wildman–Crippen LogP) is 2.64. The van der Waals surface area contributed by atoms with Crippen molar-refractivity contribution in [1.29, 1.82) is 0 Å². The van der Waals surface area contributed by atoms with Crippen molar-refractivity contribution in [3.8, 4) is 0 Å². The third-order valence-electron chi connectivity index (χ3n) is 1.41. The minimum atomic E-state index is -4.62. The molecular weight excluding hydrogens is 169 g/mol. The molecule has 0 aromatic heterocycles. The lowest BCUT2D eigenvalue weighted by molar-refractivity contribution is -0.125. The standard InChI is InChI=1S/C8H9F3O/c1-4-5(2)7(12)6(3)8(9,10)11/h4H,3H2,1-2H3/b5-4-. The van der Waals surface area contributed by atoms with Crippen molar-refractivity contribution in [2.75, 3.05) is 0 Å². The zero-order valence-corrected chi connectivity index (χ0v) is 6.83. The lowest BCUT2D eigenvalue weighted by Crippen LogP contribution is -2.19. The Kier molecular flexibility index (Phi) is 3.24. The molecule has 0 bridgehead atoms. The molecule has 12 heavy (non-hydrogen) atoms. The number of allylic oxidation sites excluding steroid dienone is 3. The van der Waals surface area contributed by atoms with Crippen LogP contribution in [0.2, 0.25) is 0 Å². The lowest BCUT2D eigenvalue weighted by Gasteiger charge is -2.08. The van der Waals surface area contributed by atoms with Gasteiger partial charge in [-0.3, -0.25) is 4.79 Å². The molecule has 0 radical (unpaired) electrons. The second-order valence-electron chi connectivity index (χ2n) is 2.28. The zero-order chi connectivity index (χ0) is 9.94. The molecule has 68 valence electrons. The fourth-order valence-corrected chi connectivity index (χ4v) is 0.498. The number of hydrogen-bond donors (Lipinski definition) is 0. The van der Waals surface area contributed by atoms with E-state index in [9.17, 15) is 18.0 Å². The minimum absolute atomic E-state index is 0.0531. The molecule has 0 aliphatic heterocycles. The topological polar surface area (TPSA) is 17.1 Å². The number of hydrogen-bond acceptors (Lipinski definition) is 1. The van der Waals surface area contributed by atoms with Gasteiger partial charge in [0.2, 0.25) is 0 Å². The van der Waals surface area contributed by atoms with Crippen LogP contribution in [0.5, 0.6) is 0 Å². The van der Waals surface area contributed by atoms with E-state index in [1.54, 1.807) is 0 Å². The van der Waals surface area contributed by atoms with Crippen molar-refractivity contribution in [2.45, 2.75) is 20.0 Å². The highest BCUT2D eigenvalue weighted by molar-refractivity contribution is 6.08. The van der Waals surface area contributed by atoms with Crippen LogP contribution >= 0.6 is 0 Å². The summed E-state index contributed by atoms with van der Waals surface area (Å²) in [5, 5.41) is 0. The van der Waals surface area contributed by atoms with Crippen molar-refractivity contribution in [2.24, 2.45) is 0 Å². The van der Waals surface area contributed by atoms with Gasteiger partial charge >= 0.3 is 6.18 Å². The van der Waals surface area contributed by atoms with E-state index in [2.05, 4.69) is 6.58 Å². The second-order valence-corrected chi connectivity index (χ2v) is 2.28. The average Bonchev–Trinajstić information content (AvgIpc) is 1.98. The van der Waals surface area contributed by atoms with Crippen LogP contribution in [-0.2, 0) is 4.79 Å². The first kappa shape index (κ1) is 10.9. The summed E-state index contributed by atoms with van der Waals surface area (Å²) < 4.78 is 35.5. The molecule has 0 atom stereocenters. The van der Waals surface area contributed by atoms with Gasteiger partial charge in [-0.1, -0.05) is 12.7 Å². The maximum atomic E-state index is 11.8. The average molecular weight is 178 g/mol. The van der Waals surface area contributed by atoms with Gasteiger partial charge in [0.1, 0.15) is 0 Å². The van der Waals surface area contributed by atoms with Gasteiger partial charge in [0.15, 0.2) is 5.78 Å². The highest BCUT2D eigenvalue weighted by Gasteiger charge is 2.36. The van der Waals surface area contributed by atoms with Crippen LogP contribution in [-0.4, -0.2) is 12.0 Å². The van der Waals surface area contributed by atoms with Gasteiger partial charge in [-0.05, 0) is 19.4 Å². The van der Waals surface area contributed by atoms with Crippen molar-refractivity contribution in [3.05, 3.63) is 23.8 Å². The number of rotatable bonds is 2. The van der Waals surface area contributed by atoms with E-state index in [1.807, 2.05) is 0 Å². The SMILES string of the molecule is C=C(C(=O)/C(C)=C\C)C(F)(F)F. The highest BCUT2D eigenvalue weighted by atomic mass is 19.4. The molecule has 0 aromatic rings. The van der Waals surface area contributed by atoms with Gasteiger partial charge in [0.25, 0.3) is 0 Å². The number of Topliss-reactive ketones (excluding diaryl/α,β-unsaturated/α-hetero) is 1. The van der Waals surface area contributed by atoms with E-state index in [-0.39, 0.29) is 5.57 Å². The van der Waals surface area contributed by atoms with Crippen LogP contribution in [0.1, 0.15) is 13.8 Å². The zero-order valence-electron chi connectivity index (χ0n) is 6.83. The Morgan fingerprint density at radius 1 is 1.42 bits per heavy atom. The van der Waals surface area contributed by atoms with E-state index in [0.717, 1.165) is 0 Å². The molecule has 0 amide bonds. The Labute approximate surface area is 68.6 Å². The monoisotopic (exact) mass is 178 g/mol. The molecule has 0 fully saturated rings. The van der Waals surface area contributed by atoms with Crippen LogP contribution in [0, 0.1) is 0 Å². The Morgan fingerprint density at radius 2 is 1.83 bits per heavy atom. The molecule has 1 nitrogen and oxygen atoms in total. The normalized spacial score (nSPS) is 12.9. The maximum absolute atomic E-state index is 11.8. The van der Waals surface area contributed by atoms with E-state index in [0.29, 0.717) is 0 Å². The molecule has 0 saturated heterocycles. The molecule has 4 heteroatoms. The minimum Gasteiger partial charge on any atom is -0.289 e. The summed E-state index contributed by atoms with van der Waals surface area (Å²) in [6.45, 7) is 5.50. The van der Waals surface area contributed by atoms with Gasteiger partial charge in [0.05, 0.1) is 5.57 Å². The number of halogens is 3. The second kappa shape index (κ2) is 3.56. The Morgan fingerprint density at radius 3 is 2.08 bits per heavy atom. The van der Waals surface area contributed by atoms with Gasteiger partial charge < -0.3 is 0 Å². The summed E-state index contributed by atoms with van der Waals surface area (Å²) in [5.41, 5.74) is -1.27. The van der Waals surface area contributed by atoms with Crippen molar-refractivity contribution in [1.82, 2.24) is 0 Å². The summed E-state index contributed by atoms with van der Waals surface area (Å²) in [6.07, 6.45) is -3.30. The first-order valence-electron chi connectivity index (χ1n) is 3.24. The number of ketones is 1. The molecule has 0 aromatic carbocycles. The Hall–Kier alpha value is -1.06. The molecule has 0 rings (SSSR count). The van der Waals surface area contributed by atoms with Gasteiger partial charge in [0, 0.05) is 0 Å². The maximum Gasteiger partial charge on any atom is 0.419 e. The molecule has 0 saturated carbocycles. The number of carbonyl (C=O) groups is 1. The molecule has 0 aliphatic rings. The molecule has 0 spiro atoms. The molecule has 0 unspecified atom stereocenters. The van der Waals surface area contributed by atoms with Crippen LogP contribution in [0.25, 0.3) is 0 Å². The van der Waals surface area contributed by atoms with Gasteiger partial charge in [-0.15, -0.1) is 0 Å². The van der Waals surface area contributed by atoms with E-state index >= 15 is 0 Å². The van der Waals surface area contributed by atoms with Gasteiger partial charge in [-0.2, -0.15) is 13.2 Å². The molecule has 0 heterocycles. The summed E-state index contributed by atoms with van der Waals surface area (Å²) in [7, 11) is 0. The third-order valence-corrected chi connectivity index (χ3v) is 1.41. The van der Waals surface area contributed by atoms with Crippen LogP contribution in [0.15, 0.2) is 23.8 Å². The predicted molar refractivity (Wildman–Crippen MR) is 39.6 cm³/mol. The third kappa shape index (κ3) is 2.53. The van der Waals surface area contributed by atoms with Crippen molar-refractivity contribution in [3.63, 3.8) is 0 Å². The van der Waals surface area contributed by atoms with Crippen LogP contribution in [0.4, 0.5) is 13.2 Å². The fraction of sp³-hybridized carbons (Fsp3) is 0.375. The van der Waals surface area contributed by atoms with E-state index < -0.39 is 17.5 Å². The lowest BCUT2D eigenvalue weighted by atomic mass is 10.1. The number of alkyl halides is 3. The largest absolute Gasteiger partial charge is 0.419 e. The van der Waals surface area contributed by atoms with E-state index in [1.165, 1.54) is 19.9 Å². The van der Waals surface area contributed by atoms with Crippen molar-refractivity contribution >= 4 is 5.78 Å². The first-order valence-corrected chi connectivity index (χ1v) is 3.24. The summed E-state index contributed by atoms with van der Waals surface area (Å²) >= 11 is 0. The Bertz CT molecular complexity index is 235. The van der Waals surface area contributed by atoms with Crippen molar-refractivity contribution < 1.29 is 18.0 Å². The molecule has 0 N–H and O–H groups in total. The quantitative estimate of drug-likeness (QED) is 0.594. The highest BCUT2D eigenvalue weighted by Crippen LogP contribution is 2.26. The Balaban J connectivity index is 4.65. The van der Waals surface area contributed by atoms with Gasteiger partial charge in [-0.25, -0.2) is 0 Å². The summed E-state index contributed by atoms with van der Waals surface area (Å²) in [5.74, 6) is -1.05. The van der Waals surface area contributed by atoms with Crippen LogP contribution in [0.3, 0.4) is 0 Å². The first-order chi connectivity index (χ1) is 5.30. The fourth-order valence-electron chi connectivity index (χ4n) is 0.498. The molecular formula is C8H9F3O. The van der Waals surface area contributed by atoms with Crippen LogP contribution < -0.4 is 0 Å². The summed E-state index contributed by atoms with van der Waals surface area (Å²) in [4.78, 5) is 10.8. The summed E-state index contributed by atoms with van der Waals surface area (Å²) in [6, 6.07) is 0. The smallest absolute Gasteiger partial charge is 0.289 e.